The maximum Gasteiger partial charge on any atom is 0.317 e. The third-order valence-electron chi connectivity index (χ3n) is 8.40. The van der Waals surface area contributed by atoms with Gasteiger partial charge in [0.1, 0.15) is 48.9 Å². The lowest BCUT2D eigenvalue weighted by Gasteiger charge is -2.41. The molecule has 0 bridgehead atoms. The van der Waals surface area contributed by atoms with Gasteiger partial charge in [-0.25, -0.2) is 0 Å². The third-order valence-corrected chi connectivity index (χ3v) is 8.40. The molecule has 1 saturated heterocycles. The molecule has 4 aliphatic heterocycles. The number of carbonyl (C=O) groups excluding carboxylic acids is 1. The van der Waals surface area contributed by atoms with Crippen molar-refractivity contribution in [1.82, 2.24) is 0 Å². The maximum absolute atomic E-state index is 11.7. The van der Waals surface area contributed by atoms with Gasteiger partial charge in [0.05, 0.1) is 19.1 Å². The standard InChI is InChI=1S/C32H39NO14/c1-15(2)3-4-16-7-17(8-19-29(16)41-12-20-18-9-22-23(43-14-42-22)10-21(18)44-30(19)20)46-47-31-28(38)27(37)24(45-32(31)39-6-5-33)13-40-26(36)11-25(34)35/h7-10,15,20,24,27-28,30-32,37-38H,3-6,11-14,33H2,1-2H3,(H,34,35)/t20-,24+,27+,28-,30+,31-,32+/m0/s1. The molecule has 2 aromatic rings. The number of aliphatic hydroxyl groups is 2. The number of rotatable bonds is 13. The maximum atomic E-state index is 11.7. The van der Waals surface area contributed by atoms with Crippen molar-refractivity contribution in [3.63, 3.8) is 0 Å². The minimum absolute atomic E-state index is 0.00880. The molecule has 0 aromatic heterocycles. The molecular formula is C32H39NO14. The van der Waals surface area contributed by atoms with Gasteiger partial charge in [-0.2, -0.15) is 4.89 Å². The predicted octanol–water partition coefficient (Wildman–Crippen LogP) is 1.73. The zero-order valence-electron chi connectivity index (χ0n) is 26.0. The second kappa shape index (κ2) is 14.1. The predicted molar refractivity (Wildman–Crippen MR) is 158 cm³/mol. The first-order valence-electron chi connectivity index (χ1n) is 15.6. The summed E-state index contributed by atoms with van der Waals surface area (Å²) in [5.41, 5.74) is 8.21. The van der Waals surface area contributed by atoms with Gasteiger partial charge in [-0.3, -0.25) is 9.59 Å². The second-order valence-corrected chi connectivity index (χ2v) is 12.2. The fourth-order valence-electron chi connectivity index (χ4n) is 6.02. The molecule has 4 heterocycles. The first kappa shape index (κ1) is 33.1. The number of carboxylic acids is 1. The van der Waals surface area contributed by atoms with Gasteiger partial charge in [0.2, 0.25) is 6.79 Å². The van der Waals surface area contributed by atoms with E-state index in [0.29, 0.717) is 47.7 Å². The Morgan fingerprint density at radius 2 is 1.81 bits per heavy atom. The van der Waals surface area contributed by atoms with Crippen LogP contribution in [0.25, 0.3) is 0 Å². The molecule has 5 N–H and O–H groups in total. The number of carboxylic acid groups (broad SMARTS) is 1. The van der Waals surface area contributed by atoms with Gasteiger partial charge >= 0.3 is 11.9 Å². The van der Waals surface area contributed by atoms with E-state index in [-0.39, 0.29) is 32.0 Å². The minimum Gasteiger partial charge on any atom is -0.492 e. The fourth-order valence-corrected chi connectivity index (χ4v) is 6.02. The molecule has 0 aliphatic carbocycles. The molecule has 4 aliphatic rings. The van der Waals surface area contributed by atoms with Crippen LogP contribution in [0.2, 0.25) is 0 Å². The number of hydrogen-bond acceptors (Lipinski definition) is 14. The summed E-state index contributed by atoms with van der Waals surface area (Å²) in [7, 11) is 0. The van der Waals surface area contributed by atoms with E-state index in [1.807, 2.05) is 12.1 Å². The number of esters is 1. The smallest absolute Gasteiger partial charge is 0.317 e. The van der Waals surface area contributed by atoms with Gasteiger partial charge in [0.15, 0.2) is 29.6 Å². The van der Waals surface area contributed by atoms with Crippen LogP contribution in [0.15, 0.2) is 24.3 Å². The lowest BCUT2D eigenvalue weighted by molar-refractivity contribution is -0.372. The van der Waals surface area contributed by atoms with Crippen LogP contribution in [0.3, 0.4) is 0 Å². The van der Waals surface area contributed by atoms with E-state index >= 15 is 0 Å². The molecule has 256 valence electrons. The first-order valence-corrected chi connectivity index (χ1v) is 15.6. The number of aliphatic carboxylic acids is 1. The van der Waals surface area contributed by atoms with Gasteiger partial charge in [-0.05, 0) is 42.5 Å². The molecule has 0 unspecified atom stereocenters. The SMILES string of the molecule is CC(C)CCc1cc(OO[C@@H]2[C@H](OCCN)O[C@H](COC(=O)CC(=O)O)[C@@H](O)[C@@H]2O)cc2c1OC[C@H]1c3cc4c(cc3O[C@H]21)OCO4. The Kier molecular flexibility index (Phi) is 9.91. The van der Waals surface area contributed by atoms with Crippen LogP contribution in [-0.2, 0) is 35.1 Å². The summed E-state index contributed by atoms with van der Waals surface area (Å²) in [6.45, 7) is 4.41. The Balaban J connectivity index is 1.21. The van der Waals surface area contributed by atoms with Crippen LogP contribution in [-0.4, -0.2) is 91.1 Å². The average Bonchev–Trinajstić information content (AvgIpc) is 3.65. The highest BCUT2D eigenvalue weighted by molar-refractivity contribution is 5.90. The van der Waals surface area contributed by atoms with Crippen LogP contribution in [0.5, 0.6) is 28.7 Å². The van der Waals surface area contributed by atoms with Crippen molar-refractivity contribution < 1.29 is 67.8 Å². The molecule has 7 atom stereocenters. The molecule has 1 fully saturated rings. The quantitative estimate of drug-likeness (QED) is 0.104. The van der Waals surface area contributed by atoms with Crippen LogP contribution in [0.1, 0.15) is 55.4 Å². The number of nitrogens with two attached hydrogens (primary N) is 1. The van der Waals surface area contributed by atoms with Crippen molar-refractivity contribution >= 4 is 11.9 Å². The van der Waals surface area contributed by atoms with Crippen molar-refractivity contribution in [2.75, 3.05) is 33.2 Å². The summed E-state index contributed by atoms with van der Waals surface area (Å²) in [5, 5.41) is 30.6. The number of benzene rings is 2. The average molecular weight is 662 g/mol. The molecule has 15 nitrogen and oxygen atoms in total. The molecule has 0 amide bonds. The Morgan fingerprint density at radius 1 is 1.02 bits per heavy atom. The number of aryl methyl sites for hydroxylation is 1. The molecule has 0 radical (unpaired) electrons. The highest BCUT2D eigenvalue weighted by Crippen LogP contribution is 2.55. The summed E-state index contributed by atoms with van der Waals surface area (Å²) in [4.78, 5) is 34.0. The van der Waals surface area contributed by atoms with E-state index in [9.17, 15) is 19.8 Å². The lowest BCUT2D eigenvalue weighted by Crippen LogP contribution is -2.60. The van der Waals surface area contributed by atoms with Crippen molar-refractivity contribution in [1.29, 1.82) is 0 Å². The summed E-state index contributed by atoms with van der Waals surface area (Å²) < 4.78 is 40.2. The zero-order chi connectivity index (χ0) is 33.2. The minimum atomic E-state index is -1.61. The molecule has 0 spiro atoms. The van der Waals surface area contributed by atoms with Crippen LogP contribution in [0, 0.1) is 5.92 Å². The van der Waals surface area contributed by atoms with E-state index < -0.39 is 55.7 Å². The van der Waals surface area contributed by atoms with Crippen LogP contribution < -0.4 is 29.6 Å². The number of carbonyl (C=O) groups is 2. The van der Waals surface area contributed by atoms with Crippen molar-refractivity contribution in [3.8, 4) is 28.7 Å². The Bertz CT molecular complexity index is 1470. The first-order chi connectivity index (χ1) is 22.6. The van der Waals surface area contributed by atoms with Crippen molar-refractivity contribution in [2.24, 2.45) is 11.7 Å². The second-order valence-electron chi connectivity index (χ2n) is 12.2. The summed E-state index contributed by atoms with van der Waals surface area (Å²) in [6.07, 6.45) is -6.77. The third kappa shape index (κ3) is 7.05. The van der Waals surface area contributed by atoms with E-state index in [0.717, 1.165) is 23.1 Å². The topological polar surface area (TPSA) is 204 Å². The molecule has 0 saturated carbocycles. The lowest BCUT2D eigenvalue weighted by atomic mass is 9.87. The van der Waals surface area contributed by atoms with E-state index in [4.69, 9.17) is 53.8 Å². The zero-order valence-corrected chi connectivity index (χ0v) is 26.0. The van der Waals surface area contributed by atoms with Crippen LogP contribution in [0.4, 0.5) is 0 Å². The summed E-state index contributed by atoms with van der Waals surface area (Å²) in [6, 6.07) is 7.31. The Labute approximate surface area is 270 Å². The van der Waals surface area contributed by atoms with Gasteiger partial charge < -0.3 is 59.1 Å². The highest BCUT2D eigenvalue weighted by atomic mass is 17.2. The molecule has 15 heteroatoms. The van der Waals surface area contributed by atoms with Crippen LogP contribution >= 0.6 is 0 Å². The number of hydrogen-bond donors (Lipinski definition) is 4. The largest absolute Gasteiger partial charge is 0.492 e. The van der Waals surface area contributed by atoms with E-state index in [2.05, 4.69) is 13.8 Å². The number of ether oxygens (including phenoxy) is 7. The molecule has 47 heavy (non-hydrogen) atoms. The van der Waals surface area contributed by atoms with Gasteiger partial charge in [-0.1, -0.05) is 13.8 Å². The highest BCUT2D eigenvalue weighted by Gasteiger charge is 2.48. The fraction of sp³-hybridized carbons (Fsp3) is 0.562. The Morgan fingerprint density at radius 3 is 2.55 bits per heavy atom. The monoisotopic (exact) mass is 661 g/mol. The molecular weight excluding hydrogens is 622 g/mol. The van der Waals surface area contributed by atoms with E-state index in [1.54, 1.807) is 12.1 Å². The summed E-state index contributed by atoms with van der Waals surface area (Å²) in [5.74, 6) is 0.881. The van der Waals surface area contributed by atoms with Gasteiger partial charge in [0, 0.05) is 23.7 Å². The molecule has 2 aromatic carbocycles. The normalized spacial score (nSPS) is 26.9. The Hall–Kier alpha value is -3.86. The van der Waals surface area contributed by atoms with Gasteiger partial charge in [0.25, 0.3) is 0 Å². The van der Waals surface area contributed by atoms with Crippen molar-refractivity contribution in [3.05, 3.63) is 41.0 Å². The van der Waals surface area contributed by atoms with E-state index in [1.165, 1.54) is 0 Å². The number of aliphatic hydroxyl groups excluding tert-OH is 2. The molecule has 6 rings (SSSR count). The van der Waals surface area contributed by atoms with Crippen molar-refractivity contribution in [2.45, 2.75) is 75.8 Å². The number of fused-ring (bicyclic) bond motifs is 6. The van der Waals surface area contributed by atoms with Gasteiger partial charge in [-0.15, -0.1) is 0 Å². The summed E-state index contributed by atoms with van der Waals surface area (Å²) >= 11 is 0.